The highest BCUT2D eigenvalue weighted by Crippen LogP contribution is 2.44. The Morgan fingerprint density at radius 1 is 0.811 bits per heavy atom. The summed E-state index contributed by atoms with van der Waals surface area (Å²) in [6.07, 6.45) is 4.85. The van der Waals surface area contributed by atoms with E-state index in [0.717, 1.165) is 63.6 Å². The molecule has 0 unspecified atom stereocenters. The monoisotopic (exact) mass is 521 g/mol. The Hall–Kier alpha value is -3.15. The van der Waals surface area contributed by atoms with Gasteiger partial charge in [-0.2, -0.15) is 0 Å². The molecule has 0 saturated carbocycles. The predicted molar refractivity (Wildman–Crippen MR) is 153 cm³/mol. The average Bonchev–Trinajstić information content (AvgIpc) is 3.32. The first-order valence-corrected chi connectivity index (χ1v) is 12.9. The van der Waals surface area contributed by atoms with Gasteiger partial charge in [0.25, 0.3) is 0 Å². The van der Waals surface area contributed by atoms with Crippen molar-refractivity contribution in [2.45, 2.75) is 32.6 Å². The van der Waals surface area contributed by atoms with Gasteiger partial charge in [0, 0.05) is 29.1 Å². The van der Waals surface area contributed by atoms with Crippen LogP contribution < -0.4 is 14.2 Å². The first kappa shape index (κ1) is 26.9. The van der Waals surface area contributed by atoms with Crippen LogP contribution in [-0.2, 0) is 6.42 Å². The number of furan rings is 1. The van der Waals surface area contributed by atoms with Gasteiger partial charge in [-0.15, -0.1) is 12.4 Å². The Kier molecular flexibility index (Phi) is 9.01. The molecule has 3 aromatic carbocycles. The summed E-state index contributed by atoms with van der Waals surface area (Å²) in [6, 6.07) is 20.5. The van der Waals surface area contributed by atoms with Crippen molar-refractivity contribution >= 4 is 23.4 Å². The highest BCUT2D eigenvalue weighted by Gasteiger charge is 2.21. The molecule has 1 aromatic heterocycles. The number of ether oxygens (including phenoxy) is 3. The Balaban J connectivity index is 0.00000320. The third kappa shape index (κ3) is 5.89. The van der Waals surface area contributed by atoms with Crippen molar-refractivity contribution in [3.8, 4) is 39.7 Å². The molecule has 2 heterocycles. The Morgan fingerprint density at radius 3 is 2.22 bits per heavy atom. The zero-order valence-electron chi connectivity index (χ0n) is 21.9. The topological polar surface area (TPSA) is 44.1 Å². The van der Waals surface area contributed by atoms with Crippen LogP contribution >= 0.6 is 12.4 Å². The van der Waals surface area contributed by atoms with Crippen molar-refractivity contribution in [2.75, 3.05) is 40.5 Å². The molecule has 0 N–H and O–H groups in total. The SMILES string of the molecule is CCc1ccc(OCCN2CCCCC2)cc1-c1c(-c2ccc(OC)cc2)oc2cc(OC)ccc12.Cl. The molecule has 5 nitrogen and oxygen atoms in total. The molecule has 0 amide bonds. The highest BCUT2D eigenvalue weighted by molar-refractivity contribution is 6.03. The van der Waals surface area contributed by atoms with Crippen LogP contribution in [0.4, 0.5) is 0 Å². The standard InChI is InChI=1S/C31H35NO4.ClH/c1-4-22-8-13-26(35-19-18-32-16-6-5-7-17-32)20-28(22)30-27-15-14-25(34-3)21-29(27)36-31(30)23-9-11-24(33-2)12-10-23;/h8-15,20-21H,4-7,16-19H2,1-3H3;1H. The maximum Gasteiger partial charge on any atom is 0.143 e. The summed E-state index contributed by atoms with van der Waals surface area (Å²) in [5.41, 5.74) is 5.28. The summed E-state index contributed by atoms with van der Waals surface area (Å²) in [4.78, 5) is 2.50. The maximum absolute atomic E-state index is 6.49. The lowest BCUT2D eigenvalue weighted by atomic mass is 9.93. The summed E-state index contributed by atoms with van der Waals surface area (Å²) >= 11 is 0. The number of halogens is 1. The molecular formula is C31H36ClNO4. The minimum absolute atomic E-state index is 0. The van der Waals surface area contributed by atoms with E-state index in [1.165, 1.54) is 37.9 Å². The van der Waals surface area contributed by atoms with Crippen molar-refractivity contribution in [1.29, 1.82) is 0 Å². The van der Waals surface area contributed by atoms with Crippen LogP contribution in [0.2, 0.25) is 0 Å². The summed E-state index contributed by atoms with van der Waals surface area (Å²) in [7, 11) is 3.35. The van der Waals surface area contributed by atoms with Crippen LogP contribution in [0.25, 0.3) is 33.4 Å². The van der Waals surface area contributed by atoms with E-state index in [-0.39, 0.29) is 12.4 Å². The van der Waals surface area contributed by atoms with E-state index in [9.17, 15) is 0 Å². The molecule has 37 heavy (non-hydrogen) atoms. The fourth-order valence-corrected chi connectivity index (χ4v) is 5.08. The first-order valence-electron chi connectivity index (χ1n) is 12.9. The quantitative estimate of drug-likeness (QED) is 0.226. The van der Waals surface area contributed by atoms with Crippen LogP contribution in [0, 0.1) is 0 Å². The average molecular weight is 522 g/mol. The Morgan fingerprint density at radius 2 is 1.51 bits per heavy atom. The van der Waals surface area contributed by atoms with Crippen molar-refractivity contribution in [3.63, 3.8) is 0 Å². The van der Waals surface area contributed by atoms with Crippen LogP contribution in [0.3, 0.4) is 0 Å². The molecule has 0 bridgehead atoms. The molecule has 1 fully saturated rings. The van der Waals surface area contributed by atoms with Crippen LogP contribution in [0.15, 0.2) is 65.1 Å². The summed E-state index contributed by atoms with van der Waals surface area (Å²) in [5.74, 6) is 3.31. The van der Waals surface area contributed by atoms with Crippen molar-refractivity contribution < 1.29 is 18.6 Å². The van der Waals surface area contributed by atoms with Gasteiger partial charge >= 0.3 is 0 Å². The smallest absolute Gasteiger partial charge is 0.143 e. The number of hydrogen-bond acceptors (Lipinski definition) is 5. The minimum atomic E-state index is 0. The van der Waals surface area contributed by atoms with E-state index in [2.05, 4.69) is 36.1 Å². The van der Waals surface area contributed by atoms with E-state index < -0.39 is 0 Å². The second kappa shape index (κ2) is 12.4. The van der Waals surface area contributed by atoms with Gasteiger partial charge in [0.1, 0.15) is 35.2 Å². The molecule has 1 aliphatic rings. The van der Waals surface area contributed by atoms with Gasteiger partial charge in [-0.3, -0.25) is 4.90 Å². The fraction of sp³-hybridized carbons (Fsp3) is 0.355. The summed E-state index contributed by atoms with van der Waals surface area (Å²) in [6.45, 7) is 6.21. The van der Waals surface area contributed by atoms with Gasteiger partial charge in [0.2, 0.25) is 0 Å². The zero-order valence-corrected chi connectivity index (χ0v) is 22.7. The number of methoxy groups -OCH3 is 2. The molecule has 1 saturated heterocycles. The normalized spacial score (nSPS) is 13.8. The van der Waals surface area contributed by atoms with Crippen molar-refractivity contribution in [2.24, 2.45) is 0 Å². The first-order chi connectivity index (χ1) is 17.7. The molecule has 6 heteroatoms. The second-order valence-electron chi connectivity index (χ2n) is 9.32. The Labute approximate surface area is 225 Å². The fourth-order valence-electron chi connectivity index (χ4n) is 5.08. The predicted octanol–water partition coefficient (Wildman–Crippen LogP) is 7.63. The van der Waals surface area contributed by atoms with Gasteiger partial charge in [0.05, 0.1) is 14.2 Å². The third-order valence-electron chi connectivity index (χ3n) is 7.11. The molecule has 1 aliphatic heterocycles. The summed E-state index contributed by atoms with van der Waals surface area (Å²) in [5, 5.41) is 1.06. The maximum atomic E-state index is 6.49. The Bertz CT molecular complexity index is 1310. The van der Waals surface area contributed by atoms with Crippen LogP contribution in [0.1, 0.15) is 31.7 Å². The van der Waals surface area contributed by atoms with Crippen molar-refractivity contribution in [1.82, 2.24) is 4.90 Å². The molecule has 4 aromatic rings. The molecule has 196 valence electrons. The molecular weight excluding hydrogens is 486 g/mol. The lowest BCUT2D eigenvalue weighted by Crippen LogP contribution is -2.33. The lowest BCUT2D eigenvalue weighted by molar-refractivity contribution is 0.183. The molecule has 0 spiro atoms. The molecule has 0 aliphatic carbocycles. The molecule has 0 atom stereocenters. The molecule has 5 rings (SSSR count). The van der Waals surface area contributed by atoms with Gasteiger partial charge in [0.15, 0.2) is 0 Å². The van der Waals surface area contributed by atoms with Crippen molar-refractivity contribution in [3.05, 3.63) is 66.2 Å². The van der Waals surface area contributed by atoms with E-state index in [1.807, 2.05) is 36.4 Å². The van der Waals surface area contributed by atoms with Crippen LogP contribution in [-0.4, -0.2) is 45.4 Å². The number of nitrogens with zero attached hydrogens (tertiary/aromatic N) is 1. The van der Waals surface area contributed by atoms with Gasteiger partial charge < -0.3 is 18.6 Å². The minimum Gasteiger partial charge on any atom is -0.497 e. The second-order valence-corrected chi connectivity index (χ2v) is 9.32. The number of piperidine rings is 1. The van der Waals surface area contributed by atoms with Gasteiger partial charge in [-0.25, -0.2) is 0 Å². The zero-order chi connectivity index (χ0) is 24.9. The van der Waals surface area contributed by atoms with Gasteiger partial charge in [-0.1, -0.05) is 19.4 Å². The van der Waals surface area contributed by atoms with Gasteiger partial charge in [-0.05, 0) is 92.0 Å². The number of hydrogen-bond donors (Lipinski definition) is 0. The third-order valence-corrected chi connectivity index (χ3v) is 7.11. The van der Waals surface area contributed by atoms with E-state index in [4.69, 9.17) is 18.6 Å². The summed E-state index contributed by atoms with van der Waals surface area (Å²) < 4.78 is 23.6. The molecule has 0 radical (unpaired) electrons. The van der Waals surface area contributed by atoms with Crippen LogP contribution in [0.5, 0.6) is 17.2 Å². The number of rotatable bonds is 9. The largest absolute Gasteiger partial charge is 0.497 e. The number of fused-ring (bicyclic) bond motifs is 1. The number of aryl methyl sites for hydroxylation is 1. The lowest BCUT2D eigenvalue weighted by Gasteiger charge is -2.26. The van der Waals surface area contributed by atoms with E-state index >= 15 is 0 Å². The number of benzene rings is 3. The number of likely N-dealkylation sites (tertiary alicyclic amines) is 1. The highest BCUT2D eigenvalue weighted by atomic mass is 35.5. The van der Waals surface area contributed by atoms with E-state index in [0.29, 0.717) is 6.61 Å². The van der Waals surface area contributed by atoms with E-state index in [1.54, 1.807) is 14.2 Å².